The molecule has 2 aliphatic heterocycles. The highest BCUT2D eigenvalue weighted by Gasteiger charge is 2.30. The van der Waals surface area contributed by atoms with Crippen molar-refractivity contribution in [2.75, 3.05) is 39.3 Å². The van der Waals surface area contributed by atoms with Crippen molar-refractivity contribution in [3.05, 3.63) is 35.4 Å². The van der Waals surface area contributed by atoms with E-state index in [-0.39, 0.29) is 17.7 Å². The minimum absolute atomic E-state index is 0.0563. The monoisotopic (exact) mass is 370 g/mol. The van der Waals surface area contributed by atoms with Crippen molar-refractivity contribution >= 4 is 17.7 Å². The van der Waals surface area contributed by atoms with E-state index in [0.717, 1.165) is 13.0 Å². The maximum Gasteiger partial charge on any atom is 0.253 e. The zero-order valence-corrected chi connectivity index (χ0v) is 15.5. The molecule has 1 aliphatic carbocycles. The minimum Gasteiger partial charge on any atom is -0.352 e. The normalized spacial score (nSPS) is 20.8. The zero-order valence-electron chi connectivity index (χ0n) is 15.5. The molecule has 144 valence electrons. The van der Waals surface area contributed by atoms with Gasteiger partial charge in [-0.25, -0.2) is 5.01 Å². The Morgan fingerprint density at radius 3 is 2.44 bits per heavy atom. The molecule has 1 N–H and O–H groups in total. The highest BCUT2D eigenvalue weighted by atomic mass is 16.2. The number of carbonyl (C=O) groups excluding carboxylic acids is 3. The molecule has 0 spiro atoms. The van der Waals surface area contributed by atoms with E-state index in [9.17, 15) is 14.4 Å². The van der Waals surface area contributed by atoms with Gasteiger partial charge in [-0.05, 0) is 43.4 Å². The van der Waals surface area contributed by atoms with Gasteiger partial charge in [-0.1, -0.05) is 6.07 Å². The number of carbonyl (C=O) groups is 3. The third kappa shape index (κ3) is 4.13. The molecule has 0 radical (unpaired) electrons. The summed E-state index contributed by atoms with van der Waals surface area (Å²) in [6.07, 6.45) is 3.91. The van der Waals surface area contributed by atoms with Gasteiger partial charge in [0.15, 0.2) is 0 Å². The Bertz CT molecular complexity index is 738. The Labute approximate surface area is 159 Å². The van der Waals surface area contributed by atoms with Gasteiger partial charge in [0.05, 0.1) is 0 Å². The van der Waals surface area contributed by atoms with Gasteiger partial charge in [0.1, 0.15) is 0 Å². The summed E-state index contributed by atoms with van der Waals surface area (Å²) in [5, 5.41) is 6.82. The average molecular weight is 370 g/mol. The molecule has 7 nitrogen and oxygen atoms in total. The SMILES string of the molecule is O=C(NCC1CC1)c1cccc(C(=O)N2CCN(N3CCCC3=O)CC2)c1. The molecule has 3 fully saturated rings. The molecule has 1 aromatic carbocycles. The van der Waals surface area contributed by atoms with Crippen molar-refractivity contribution < 1.29 is 14.4 Å². The first-order chi connectivity index (χ1) is 13.1. The molecule has 3 amide bonds. The molecule has 2 heterocycles. The van der Waals surface area contributed by atoms with E-state index in [1.165, 1.54) is 12.8 Å². The van der Waals surface area contributed by atoms with Gasteiger partial charge in [0.2, 0.25) is 5.91 Å². The molecule has 4 rings (SSSR count). The van der Waals surface area contributed by atoms with Crippen LogP contribution in [0.5, 0.6) is 0 Å². The van der Waals surface area contributed by atoms with Gasteiger partial charge in [0.25, 0.3) is 11.8 Å². The number of amides is 3. The van der Waals surface area contributed by atoms with Gasteiger partial charge in [0, 0.05) is 56.8 Å². The standard InChI is InChI=1S/C20H26N4O3/c25-18-5-2-8-24(18)23-11-9-22(10-12-23)20(27)17-4-1-3-16(13-17)19(26)21-14-15-6-7-15/h1,3-4,13,15H,2,5-12,14H2,(H,21,26). The lowest BCUT2D eigenvalue weighted by Gasteiger charge is -2.39. The van der Waals surface area contributed by atoms with Gasteiger partial charge in [-0.3, -0.25) is 19.4 Å². The predicted molar refractivity (Wildman–Crippen MR) is 99.9 cm³/mol. The van der Waals surface area contributed by atoms with Crippen LogP contribution in [-0.2, 0) is 4.79 Å². The van der Waals surface area contributed by atoms with Crippen LogP contribution in [0.25, 0.3) is 0 Å². The van der Waals surface area contributed by atoms with Crippen LogP contribution >= 0.6 is 0 Å². The van der Waals surface area contributed by atoms with Crippen molar-refractivity contribution in [1.29, 1.82) is 0 Å². The van der Waals surface area contributed by atoms with E-state index in [2.05, 4.69) is 10.3 Å². The first kappa shape index (κ1) is 18.0. The molecule has 1 saturated carbocycles. The highest BCUT2D eigenvalue weighted by molar-refractivity contribution is 5.99. The fourth-order valence-electron chi connectivity index (χ4n) is 3.71. The van der Waals surface area contributed by atoms with Crippen molar-refractivity contribution in [2.45, 2.75) is 25.7 Å². The summed E-state index contributed by atoms with van der Waals surface area (Å²) >= 11 is 0. The summed E-state index contributed by atoms with van der Waals surface area (Å²) < 4.78 is 0. The third-order valence-electron chi connectivity index (χ3n) is 5.55. The number of hydrogen-bond acceptors (Lipinski definition) is 4. The fourth-order valence-corrected chi connectivity index (χ4v) is 3.71. The minimum atomic E-state index is -0.117. The maximum atomic E-state index is 12.8. The first-order valence-electron chi connectivity index (χ1n) is 9.84. The van der Waals surface area contributed by atoms with Crippen molar-refractivity contribution in [1.82, 2.24) is 20.2 Å². The van der Waals surface area contributed by atoms with E-state index >= 15 is 0 Å². The average Bonchev–Trinajstić information content (AvgIpc) is 3.44. The third-order valence-corrected chi connectivity index (χ3v) is 5.55. The number of nitrogens with zero attached hydrogens (tertiary/aromatic N) is 3. The van der Waals surface area contributed by atoms with Crippen LogP contribution < -0.4 is 5.32 Å². The molecule has 0 bridgehead atoms. The van der Waals surface area contributed by atoms with Crippen molar-refractivity contribution in [3.8, 4) is 0 Å². The van der Waals surface area contributed by atoms with Crippen molar-refractivity contribution in [2.24, 2.45) is 5.92 Å². The molecule has 0 unspecified atom stereocenters. The molecule has 2 saturated heterocycles. The summed E-state index contributed by atoms with van der Waals surface area (Å²) in [6, 6.07) is 6.95. The Morgan fingerprint density at radius 2 is 1.78 bits per heavy atom. The maximum absolute atomic E-state index is 12.8. The van der Waals surface area contributed by atoms with Gasteiger partial charge < -0.3 is 10.2 Å². The number of hydrogen-bond donors (Lipinski definition) is 1. The second-order valence-electron chi connectivity index (χ2n) is 7.60. The Morgan fingerprint density at radius 1 is 1.04 bits per heavy atom. The molecular formula is C20H26N4O3. The second kappa shape index (κ2) is 7.68. The van der Waals surface area contributed by atoms with Crippen LogP contribution in [-0.4, -0.2) is 71.9 Å². The second-order valence-corrected chi connectivity index (χ2v) is 7.60. The summed E-state index contributed by atoms with van der Waals surface area (Å²) in [7, 11) is 0. The molecule has 7 heteroatoms. The van der Waals surface area contributed by atoms with Crippen LogP contribution in [0.3, 0.4) is 0 Å². The summed E-state index contributed by atoms with van der Waals surface area (Å²) in [4.78, 5) is 38.8. The molecule has 27 heavy (non-hydrogen) atoms. The molecular weight excluding hydrogens is 344 g/mol. The lowest BCUT2D eigenvalue weighted by atomic mass is 10.1. The first-order valence-corrected chi connectivity index (χ1v) is 9.84. The van der Waals surface area contributed by atoms with E-state index in [0.29, 0.717) is 56.2 Å². The molecule has 0 atom stereocenters. The smallest absolute Gasteiger partial charge is 0.253 e. The van der Waals surface area contributed by atoms with E-state index in [4.69, 9.17) is 0 Å². The number of hydrazine groups is 1. The summed E-state index contributed by atoms with van der Waals surface area (Å²) in [5.74, 6) is 0.630. The van der Waals surface area contributed by atoms with Crippen LogP contribution in [0.1, 0.15) is 46.4 Å². The summed E-state index contributed by atoms with van der Waals surface area (Å²) in [5.41, 5.74) is 1.07. The quantitative estimate of drug-likeness (QED) is 0.843. The van der Waals surface area contributed by atoms with Gasteiger partial charge in [-0.15, -0.1) is 0 Å². The lowest BCUT2D eigenvalue weighted by Crippen LogP contribution is -2.55. The zero-order chi connectivity index (χ0) is 18.8. The lowest BCUT2D eigenvalue weighted by molar-refractivity contribution is -0.145. The molecule has 1 aromatic rings. The highest BCUT2D eigenvalue weighted by Crippen LogP contribution is 2.27. The van der Waals surface area contributed by atoms with E-state index in [1.54, 1.807) is 29.2 Å². The van der Waals surface area contributed by atoms with E-state index in [1.807, 2.05) is 5.01 Å². The Kier molecular flexibility index (Phi) is 5.11. The number of nitrogens with one attached hydrogen (secondary N) is 1. The van der Waals surface area contributed by atoms with Crippen LogP contribution in [0.2, 0.25) is 0 Å². The molecule has 0 aromatic heterocycles. The van der Waals surface area contributed by atoms with Crippen LogP contribution in [0.4, 0.5) is 0 Å². The Balaban J connectivity index is 1.34. The van der Waals surface area contributed by atoms with E-state index < -0.39 is 0 Å². The van der Waals surface area contributed by atoms with Crippen LogP contribution in [0, 0.1) is 5.92 Å². The Hall–Kier alpha value is -2.41. The van der Waals surface area contributed by atoms with Gasteiger partial charge >= 0.3 is 0 Å². The number of piperazine rings is 1. The number of rotatable bonds is 5. The topological polar surface area (TPSA) is 73.0 Å². The van der Waals surface area contributed by atoms with Gasteiger partial charge in [-0.2, -0.15) is 0 Å². The fraction of sp³-hybridized carbons (Fsp3) is 0.550. The predicted octanol–water partition coefficient (Wildman–Crippen LogP) is 1.12. The molecule has 3 aliphatic rings. The van der Waals surface area contributed by atoms with Crippen molar-refractivity contribution in [3.63, 3.8) is 0 Å². The number of benzene rings is 1. The largest absolute Gasteiger partial charge is 0.352 e. The summed E-state index contributed by atoms with van der Waals surface area (Å²) in [6.45, 7) is 4.00. The van der Waals surface area contributed by atoms with Crippen LogP contribution in [0.15, 0.2) is 24.3 Å².